The Morgan fingerprint density at radius 2 is 1.67 bits per heavy atom. The number of nitrogens with zero attached hydrogens (tertiary/aromatic N) is 1. The summed E-state index contributed by atoms with van der Waals surface area (Å²) in [6, 6.07) is 18.2. The Labute approximate surface area is 185 Å². The fourth-order valence-corrected chi connectivity index (χ4v) is 4.41. The van der Waals surface area contributed by atoms with Crippen LogP contribution in [0.2, 0.25) is 10.0 Å². The topological polar surface area (TPSA) is 38.8 Å². The van der Waals surface area contributed by atoms with E-state index in [4.69, 9.17) is 32.7 Å². The molecule has 1 aliphatic rings. The smallest absolute Gasteiger partial charge is 0.254 e. The number of benzene rings is 3. The van der Waals surface area contributed by atoms with Crippen molar-refractivity contribution in [2.75, 3.05) is 20.8 Å². The molecule has 1 amide bonds. The number of ether oxygens (including phenoxy) is 2. The summed E-state index contributed by atoms with van der Waals surface area (Å²) in [7, 11) is 3.22. The van der Waals surface area contributed by atoms with E-state index < -0.39 is 0 Å². The van der Waals surface area contributed by atoms with Gasteiger partial charge in [0.1, 0.15) is 0 Å². The number of methoxy groups -OCH3 is 2. The van der Waals surface area contributed by atoms with E-state index in [2.05, 4.69) is 0 Å². The van der Waals surface area contributed by atoms with E-state index in [0.29, 0.717) is 40.1 Å². The van der Waals surface area contributed by atoms with Gasteiger partial charge in [-0.25, -0.2) is 0 Å². The Bertz CT molecular complexity index is 1100. The number of amides is 1. The van der Waals surface area contributed by atoms with Crippen molar-refractivity contribution < 1.29 is 14.3 Å². The summed E-state index contributed by atoms with van der Waals surface area (Å²) in [4.78, 5) is 15.4. The molecule has 0 N–H and O–H groups in total. The maximum atomic E-state index is 13.5. The molecular formula is C24H21Cl2NO3. The van der Waals surface area contributed by atoms with Crippen LogP contribution in [0.1, 0.15) is 33.1 Å². The van der Waals surface area contributed by atoms with Crippen LogP contribution in [0.5, 0.6) is 11.5 Å². The number of hydrogen-bond donors (Lipinski definition) is 0. The van der Waals surface area contributed by atoms with Crippen molar-refractivity contribution in [3.8, 4) is 11.5 Å². The number of rotatable bonds is 4. The quantitative estimate of drug-likeness (QED) is 0.513. The van der Waals surface area contributed by atoms with Crippen LogP contribution in [-0.2, 0) is 6.42 Å². The van der Waals surface area contributed by atoms with E-state index in [1.807, 2.05) is 41.3 Å². The van der Waals surface area contributed by atoms with Crippen LogP contribution in [0.4, 0.5) is 0 Å². The highest BCUT2D eigenvalue weighted by atomic mass is 35.5. The standard InChI is InChI=1S/C24H21Cl2NO3/c1-29-21-13-15-10-11-27(24(28)16-6-5-7-17(25)12-16)23(19(15)14-22(21)30-2)18-8-3-4-9-20(18)26/h3-9,12-14,23H,10-11H2,1-2H3/t23-/m1/s1. The summed E-state index contributed by atoms with van der Waals surface area (Å²) in [5, 5.41) is 1.13. The predicted molar refractivity (Wildman–Crippen MR) is 119 cm³/mol. The first-order chi connectivity index (χ1) is 14.5. The van der Waals surface area contributed by atoms with Gasteiger partial charge in [-0.2, -0.15) is 0 Å². The summed E-state index contributed by atoms with van der Waals surface area (Å²) >= 11 is 12.7. The lowest BCUT2D eigenvalue weighted by Crippen LogP contribution is -2.40. The normalized spacial score (nSPS) is 15.5. The van der Waals surface area contributed by atoms with E-state index >= 15 is 0 Å². The van der Waals surface area contributed by atoms with Crippen LogP contribution in [-0.4, -0.2) is 31.6 Å². The van der Waals surface area contributed by atoms with Crippen molar-refractivity contribution in [3.05, 3.63) is 93.0 Å². The van der Waals surface area contributed by atoms with Crippen molar-refractivity contribution in [1.82, 2.24) is 4.90 Å². The Morgan fingerprint density at radius 3 is 2.37 bits per heavy atom. The largest absolute Gasteiger partial charge is 0.493 e. The molecule has 6 heteroatoms. The molecule has 1 atom stereocenters. The number of carbonyl (C=O) groups is 1. The lowest BCUT2D eigenvalue weighted by molar-refractivity contribution is 0.0694. The molecule has 0 unspecified atom stereocenters. The summed E-state index contributed by atoms with van der Waals surface area (Å²) < 4.78 is 11.0. The van der Waals surface area contributed by atoms with Crippen molar-refractivity contribution in [2.24, 2.45) is 0 Å². The van der Waals surface area contributed by atoms with E-state index in [0.717, 1.165) is 16.7 Å². The van der Waals surface area contributed by atoms with Gasteiger partial charge in [0, 0.05) is 22.2 Å². The molecule has 0 fully saturated rings. The van der Waals surface area contributed by atoms with Gasteiger partial charge in [0.2, 0.25) is 0 Å². The molecular weight excluding hydrogens is 421 g/mol. The fourth-order valence-electron chi connectivity index (χ4n) is 3.98. The Kier molecular flexibility index (Phi) is 5.89. The molecule has 30 heavy (non-hydrogen) atoms. The molecule has 4 nitrogen and oxygen atoms in total. The zero-order valence-corrected chi connectivity index (χ0v) is 18.2. The molecule has 0 saturated heterocycles. The molecule has 1 heterocycles. The Balaban J connectivity index is 1.88. The number of carbonyl (C=O) groups excluding carboxylic acids is 1. The van der Waals surface area contributed by atoms with Gasteiger partial charge < -0.3 is 14.4 Å². The second-order valence-electron chi connectivity index (χ2n) is 7.09. The van der Waals surface area contributed by atoms with Crippen LogP contribution < -0.4 is 9.47 Å². The molecule has 0 saturated carbocycles. The molecule has 0 spiro atoms. The van der Waals surface area contributed by atoms with Crippen LogP contribution in [0.25, 0.3) is 0 Å². The third kappa shape index (κ3) is 3.73. The third-order valence-electron chi connectivity index (χ3n) is 5.41. The van der Waals surface area contributed by atoms with Crippen molar-refractivity contribution in [1.29, 1.82) is 0 Å². The number of fused-ring (bicyclic) bond motifs is 1. The SMILES string of the molecule is COc1cc2c(cc1OC)[C@@H](c1ccccc1Cl)N(C(=O)c1cccc(Cl)c1)CC2. The summed E-state index contributed by atoms with van der Waals surface area (Å²) in [6.45, 7) is 0.545. The van der Waals surface area contributed by atoms with Gasteiger partial charge in [0.25, 0.3) is 5.91 Å². The molecule has 0 bridgehead atoms. The van der Waals surface area contributed by atoms with Crippen molar-refractivity contribution in [2.45, 2.75) is 12.5 Å². The first kappa shape index (κ1) is 20.6. The average molecular weight is 442 g/mol. The zero-order valence-electron chi connectivity index (χ0n) is 16.7. The van der Waals surface area contributed by atoms with E-state index in [1.165, 1.54) is 0 Å². The van der Waals surface area contributed by atoms with Crippen LogP contribution in [0, 0.1) is 0 Å². The van der Waals surface area contributed by atoms with Gasteiger partial charge in [0.15, 0.2) is 11.5 Å². The highest BCUT2D eigenvalue weighted by Crippen LogP contribution is 2.43. The molecule has 0 aromatic heterocycles. The summed E-state index contributed by atoms with van der Waals surface area (Å²) in [5.74, 6) is 1.19. The monoisotopic (exact) mass is 441 g/mol. The van der Waals surface area contributed by atoms with E-state index in [9.17, 15) is 4.79 Å². The van der Waals surface area contributed by atoms with Crippen molar-refractivity contribution in [3.63, 3.8) is 0 Å². The first-order valence-electron chi connectivity index (χ1n) is 9.59. The van der Waals surface area contributed by atoms with Crippen LogP contribution in [0.3, 0.4) is 0 Å². The maximum absolute atomic E-state index is 13.5. The molecule has 1 aliphatic heterocycles. The van der Waals surface area contributed by atoms with Gasteiger partial charge in [0.05, 0.1) is 20.3 Å². The highest BCUT2D eigenvalue weighted by Gasteiger charge is 2.34. The van der Waals surface area contributed by atoms with Gasteiger partial charge in [-0.15, -0.1) is 0 Å². The number of hydrogen-bond acceptors (Lipinski definition) is 3. The Hall–Kier alpha value is -2.69. The second-order valence-corrected chi connectivity index (χ2v) is 7.93. The first-order valence-corrected chi connectivity index (χ1v) is 10.3. The molecule has 4 rings (SSSR count). The number of halogens is 2. The molecule has 0 radical (unpaired) electrons. The minimum Gasteiger partial charge on any atom is -0.493 e. The van der Waals surface area contributed by atoms with Crippen LogP contribution in [0.15, 0.2) is 60.7 Å². The lowest BCUT2D eigenvalue weighted by Gasteiger charge is -2.38. The molecule has 3 aromatic rings. The lowest BCUT2D eigenvalue weighted by atomic mass is 9.87. The molecule has 0 aliphatic carbocycles. The zero-order chi connectivity index (χ0) is 21.3. The fraction of sp³-hybridized carbons (Fsp3) is 0.208. The minimum atomic E-state index is -0.353. The van der Waals surface area contributed by atoms with Gasteiger partial charge in [-0.1, -0.05) is 47.5 Å². The van der Waals surface area contributed by atoms with Crippen molar-refractivity contribution >= 4 is 29.1 Å². The highest BCUT2D eigenvalue weighted by molar-refractivity contribution is 6.31. The minimum absolute atomic E-state index is 0.0946. The van der Waals surface area contributed by atoms with Gasteiger partial charge in [-0.05, 0) is 59.5 Å². The summed E-state index contributed by atoms with van der Waals surface area (Å²) in [5.41, 5.74) is 3.49. The van der Waals surface area contributed by atoms with Gasteiger partial charge in [-0.3, -0.25) is 4.79 Å². The van der Waals surface area contributed by atoms with E-state index in [1.54, 1.807) is 38.5 Å². The maximum Gasteiger partial charge on any atom is 0.254 e. The van der Waals surface area contributed by atoms with Crippen LogP contribution >= 0.6 is 23.2 Å². The molecule has 154 valence electrons. The summed E-state index contributed by atoms with van der Waals surface area (Å²) in [6.07, 6.45) is 0.697. The Morgan fingerprint density at radius 1 is 0.933 bits per heavy atom. The third-order valence-corrected chi connectivity index (χ3v) is 5.99. The van der Waals surface area contributed by atoms with Gasteiger partial charge >= 0.3 is 0 Å². The predicted octanol–water partition coefficient (Wildman–Crippen LogP) is 5.80. The second kappa shape index (κ2) is 8.58. The van der Waals surface area contributed by atoms with E-state index in [-0.39, 0.29) is 11.9 Å². The average Bonchev–Trinajstić information content (AvgIpc) is 2.77. The molecule has 3 aromatic carbocycles.